The molecule has 0 unspecified atom stereocenters. The number of carbonyl (C=O) groups excluding carboxylic acids is 1. The quantitative estimate of drug-likeness (QED) is 0.747. The summed E-state index contributed by atoms with van der Waals surface area (Å²) in [6.45, 7) is 5.78. The molecule has 2 aliphatic heterocycles. The lowest BCUT2D eigenvalue weighted by atomic mass is 9.95. The Labute approximate surface area is 110 Å². The molecule has 0 aromatic carbocycles. The van der Waals surface area contributed by atoms with Gasteiger partial charge in [-0.25, -0.2) is 0 Å². The second-order valence-electron chi connectivity index (χ2n) is 5.43. The average molecular weight is 249 g/mol. The van der Waals surface area contributed by atoms with E-state index in [-0.39, 0.29) is 11.8 Å². The zero-order valence-corrected chi connectivity index (χ0v) is 11.3. The Morgan fingerprint density at radius 1 is 1.28 bits per heavy atom. The maximum Gasteiger partial charge on any atom is 0.222 e. The van der Waals surface area contributed by atoms with Gasteiger partial charge in [-0.2, -0.15) is 5.26 Å². The van der Waals surface area contributed by atoms with Gasteiger partial charge in [0.2, 0.25) is 5.91 Å². The molecular weight excluding hydrogens is 226 g/mol. The zero-order valence-electron chi connectivity index (χ0n) is 11.3. The van der Waals surface area contributed by atoms with Gasteiger partial charge in [-0.1, -0.05) is 6.92 Å². The van der Waals surface area contributed by atoms with E-state index in [4.69, 9.17) is 5.26 Å². The molecule has 2 aliphatic rings. The minimum absolute atomic E-state index is 0.217. The Morgan fingerprint density at radius 2 is 2.00 bits per heavy atom. The molecule has 2 heterocycles. The van der Waals surface area contributed by atoms with Gasteiger partial charge in [0.15, 0.2) is 0 Å². The molecule has 2 rings (SSSR count). The molecule has 0 aromatic rings. The fraction of sp³-hybridized carbons (Fsp3) is 0.857. The number of piperidine rings is 2. The van der Waals surface area contributed by atoms with Crippen LogP contribution in [-0.2, 0) is 4.79 Å². The van der Waals surface area contributed by atoms with E-state index >= 15 is 0 Å². The van der Waals surface area contributed by atoms with Crippen LogP contribution in [0, 0.1) is 17.2 Å². The Hall–Kier alpha value is -1.08. The van der Waals surface area contributed by atoms with E-state index in [0.717, 1.165) is 51.9 Å². The van der Waals surface area contributed by atoms with Crippen molar-refractivity contribution in [3.63, 3.8) is 0 Å². The SMILES string of the molecule is CCC(=O)N1CCC(N2CCC[C@@H](C#N)C2)CC1. The molecule has 0 bridgehead atoms. The van der Waals surface area contributed by atoms with E-state index in [1.54, 1.807) is 0 Å². The largest absolute Gasteiger partial charge is 0.343 e. The summed E-state index contributed by atoms with van der Waals surface area (Å²) in [5.41, 5.74) is 0. The van der Waals surface area contributed by atoms with Crippen molar-refractivity contribution in [3.05, 3.63) is 0 Å². The highest BCUT2D eigenvalue weighted by molar-refractivity contribution is 5.75. The predicted molar refractivity (Wildman–Crippen MR) is 69.8 cm³/mol. The normalized spacial score (nSPS) is 26.9. The first-order valence-corrected chi connectivity index (χ1v) is 7.16. The van der Waals surface area contributed by atoms with Crippen LogP contribution in [0.15, 0.2) is 0 Å². The van der Waals surface area contributed by atoms with Crippen molar-refractivity contribution in [2.75, 3.05) is 26.2 Å². The number of amides is 1. The van der Waals surface area contributed by atoms with Crippen LogP contribution in [0.2, 0.25) is 0 Å². The molecule has 1 atom stereocenters. The standard InChI is InChI=1S/C14H23N3O/c1-2-14(18)16-8-5-13(6-9-16)17-7-3-4-12(10-15)11-17/h12-13H,2-9,11H2,1H3/t12-/m0/s1. The molecular formula is C14H23N3O. The number of carbonyl (C=O) groups is 1. The van der Waals surface area contributed by atoms with Crippen LogP contribution >= 0.6 is 0 Å². The van der Waals surface area contributed by atoms with Gasteiger partial charge in [-0.3, -0.25) is 9.69 Å². The monoisotopic (exact) mass is 249 g/mol. The average Bonchev–Trinajstić information content (AvgIpc) is 2.46. The third-order valence-corrected chi connectivity index (χ3v) is 4.27. The zero-order chi connectivity index (χ0) is 13.0. The van der Waals surface area contributed by atoms with Gasteiger partial charge in [0, 0.05) is 32.1 Å². The summed E-state index contributed by atoms with van der Waals surface area (Å²) < 4.78 is 0. The molecule has 2 fully saturated rings. The molecule has 4 heteroatoms. The van der Waals surface area contributed by atoms with Crippen molar-refractivity contribution in [3.8, 4) is 6.07 Å². The van der Waals surface area contributed by atoms with Crippen molar-refractivity contribution in [1.29, 1.82) is 5.26 Å². The number of rotatable bonds is 2. The molecule has 0 aliphatic carbocycles. The lowest BCUT2D eigenvalue weighted by molar-refractivity contribution is -0.132. The van der Waals surface area contributed by atoms with Crippen molar-refractivity contribution in [1.82, 2.24) is 9.80 Å². The second-order valence-corrected chi connectivity index (χ2v) is 5.43. The molecule has 2 saturated heterocycles. The Balaban J connectivity index is 1.82. The maximum absolute atomic E-state index is 11.6. The number of likely N-dealkylation sites (tertiary alicyclic amines) is 2. The Kier molecular flexibility index (Phi) is 4.60. The fourth-order valence-corrected chi connectivity index (χ4v) is 3.15. The van der Waals surface area contributed by atoms with Gasteiger partial charge >= 0.3 is 0 Å². The van der Waals surface area contributed by atoms with Crippen LogP contribution in [-0.4, -0.2) is 47.9 Å². The van der Waals surface area contributed by atoms with Gasteiger partial charge in [0.1, 0.15) is 0 Å². The minimum Gasteiger partial charge on any atom is -0.343 e. The summed E-state index contributed by atoms with van der Waals surface area (Å²) in [6, 6.07) is 2.99. The Bertz CT molecular complexity index is 328. The van der Waals surface area contributed by atoms with Crippen molar-refractivity contribution < 1.29 is 4.79 Å². The van der Waals surface area contributed by atoms with Gasteiger partial charge < -0.3 is 4.90 Å². The predicted octanol–water partition coefficient (Wildman–Crippen LogP) is 1.62. The van der Waals surface area contributed by atoms with Crippen molar-refractivity contribution in [2.45, 2.75) is 45.1 Å². The number of nitrogens with zero attached hydrogens (tertiary/aromatic N) is 3. The lowest BCUT2D eigenvalue weighted by Crippen LogP contribution is -2.49. The summed E-state index contributed by atoms with van der Waals surface area (Å²) in [6.07, 6.45) is 4.96. The van der Waals surface area contributed by atoms with Gasteiger partial charge in [0.25, 0.3) is 0 Å². The molecule has 0 N–H and O–H groups in total. The smallest absolute Gasteiger partial charge is 0.222 e. The number of hydrogen-bond acceptors (Lipinski definition) is 3. The van der Waals surface area contributed by atoms with Gasteiger partial charge in [-0.15, -0.1) is 0 Å². The topological polar surface area (TPSA) is 47.3 Å². The van der Waals surface area contributed by atoms with E-state index in [1.807, 2.05) is 11.8 Å². The minimum atomic E-state index is 0.217. The number of hydrogen-bond donors (Lipinski definition) is 0. The van der Waals surface area contributed by atoms with E-state index in [2.05, 4.69) is 11.0 Å². The number of nitriles is 1. The summed E-state index contributed by atoms with van der Waals surface area (Å²) in [7, 11) is 0. The van der Waals surface area contributed by atoms with Crippen LogP contribution in [0.5, 0.6) is 0 Å². The van der Waals surface area contributed by atoms with Crippen molar-refractivity contribution in [2.24, 2.45) is 5.92 Å². The van der Waals surface area contributed by atoms with Crippen LogP contribution in [0.4, 0.5) is 0 Å². The second kappa shape index (κ2) is 6.19. The highest BCUT2D eigenvalue weighted by Gasteiger charge is 2.29. The van der Waals surface area contributed by atoms with Gasteiger partial charge in [-0.05, 0) is 32.2 Å². The first-order valence-electron chi connectivity index (χ1n) is 7.16. The molecule has 0 radical (unpaired) electrons. The molecule has 0 spiro atoms. The third-order valence-electron chi connectivity index (χ3n) is 4.27. The van der Waals surface area contributed by atoms with E-state index in [0.29, 0.717) is 12.5 Å². The van der Waals surface area contributed by atoms with Crippen LogP contribution in [0.1, 0.15) is 39.0 Å². The first kappa shape index (κ1) is 13.4. The van der Waals surface area contributed by atoms with Crippen LogP contribution in [0.3, 0.4) is 0 Å². The highest BCUT2D eigenvalue weighted by atomic mass is 16.2. The van der Waals surface area contributed by atoms with E-state index in [9.17, 15) is 4.79 Å². The molecule has 18 heavy (non-hydrogen) atoms. The summed E-state index contributed by atoms with van der Waals surface area (Å²) >= 11 is 0. The third kappa shape index (κ3) is 3.02. The van der Waals surface area contributed by atoms with E-state index in [1.165, 1.54) is 0 Å². The first-order chi connectivity index (χ1) is 8.74. The van der Waals surface area contributed by atoms with E-state index < -0.39 is 0 Å². The molecule has 1 amide bonds. The highest BCUT2D eigenvalue weighted by Crippen LogP contribution is 2.23. The Morgan fingerprint density at radius 3 is 2.61 bits per heavy atom. The van der Waals surface area contributed by atoms with Crippen molar-refractivity contribution >= 4 is 5.91 Å². The summed E-state index contributed by atoms with van der Waals surface area (Å²) in [5, 5.41) is 9.02. The summed E-state index contributed by atoms with van der Waals surface area (Å²) in [4.78, 5) is 16.1. The summed E-state index contributed by atoms with van der Waals surface area (Å²) in [5.74, 6) is 0.496. The fourth-order valence-electron chi connectivity index (χ4n) is 3.15. The van der Waals surface area contributed by atoms with Crippen LogP contribution in [0.25, 0.3) is 0 Å². The molecule has 0 aromatic heterocycles. The van der Waals surface area contributed by atoms with Gasteiger partial charge in [0.05, 0.1) is 12.0 Å². The van der Waals surface area contributed by atoms with Crippen LogP contribution < -0.4 is 0 Å². The lowest BCUT2D eigenvalue weighted by Gasteiger charge is -2.41. The molecule has 4 nitrogen and oxygen atoms in total. The maximum atomic E-state index is 11.6. The molecule has 0 saturated carbocycles. The molecule has 100 valence electrons.